The lowest BCUT2D eigenvalue weighted by molar-refractivity contribution is -0.151. The van der Waals surface area contributed by atoms with Gasteiger partial charge in [-0.3, -0.25) is 9.59 Å². The third-order valence-electron chi connectivity index (χ3n) is 3.76. The second-order valence-corrected chi connectivity index (χ2v) is 6.17. The SMILES string of the molecule is CC1CN(C(=O)CC(C)(C)C(=O)O)CC1N(C)C. The fourth-order valence-corrected chi connectivity index (χ4v) is 2.39. The smallest absolute Gasteiger partial charge is 0.309 e. The number of rotatable bonds is 4. The number of hydrogen-bond donors (Lipinski definition) is 1. The van der Waals surface area contributed by atoms with Gasteiger partial charge in [0.05, 0.1) is 5.41 Å². The topological polar surface area (TPSA) is 60.9 Å². The van der Waals surface area contributed by atoms with Crippen LogP contribution in [0.3, 0.4) is 0 Å². The Morgan fingerprint density at radius 3 is 2.28 bits per heavy atom. The Kier molecular flexibility index (Phi) is 4.37. The largest absolute Gasteiger partial charge is 0.481 e. The van der Waals surface area contributed by atoms with Crippen molar-refractivity contribution in [2.24, 2.45) is 11.3 Å². The number of aliphatic carboxylic acids is 1. The van der Waals surface area contributed by atoms with Gasteiger partial charge in [-0.1, -0.05) is 6.92 Å². The number of likely N-dealkylation sites (tertiary alicyclic amines) is 1. The molecule has 1 fully saturated rings. The first-order chi connectivity index (χ1) is 8.15. The molecule has 0 radical (unpaired) electrons. The summed E-state index contributed by atoms with van der Waals surface area (Å²) in [5.41, 5.74) is -0.990. The summed E-state index contributed by atoms with van der Waals surface area (Å²) in [6.07, 6.45) is 0.0647. The maximum atomic E-state index is 12.1. The summed E-state index contributed by atoms with van der Waals surface area (Å²) in [5.74, 6) is -0.553. The van der Waals surface area contributed by atoms with Gasteiger partial charge in [-0.15, -0.1) is 0 Å². The third kappa shape index (κ3) is 3.22. The van der Waals surface area contributed by atoms with Crippen molar-refractivity contribution in [1.82, 2.24) is 9.80 Å². The first kappa shape index (κ1) is 15.0. The fraction of sp³-hybridized carbons (Fsp3) is 0.846. The summed E-state index contributed by atoms with van der Waals surface area (Å²) < 4.78 is 0. The van der Waals surface area contributed by atoms with E-state index >= 15 is 0 Å². The van der Waals surface area contributed by atoms with Crippen molar-refractivity contribution in [3.8, 4) is 0 Å². The van der Waals surface area contributed by atoms with Gasteiger partial charge in [-0.05, 0) is 33.9 Å². The van der Waals surface area contributed by atoms with Crippen LogP contribution in [0.1, 0.15) is 27.2 Å². The number of hydrogen-bond acceptors (Lipinski definition) is 3. The number of carboxylic acid groups (broad SMARTS) is 1. The molecule has 0 bridgehead atoms. The summed E-state index contributed by atoms with van der Waals surface area (Å²) in [5, 5.41) is 9.05. The van der Waals surface area contributed by atoms with Gasteiger partial charge >= 0.3 is 5.97 Å². The van der Waals surface area contributed by atoms with Crippen LogP contribution in [-0.4, -0.2) is 60.0 Å². The zero-order chi connectivity index (χ0) is 14.1. The Morgan fingerprint density at radius 1 is 1.33 bits per heavy atom. The molecule has 1 N–H and O–H groups in total. The van der Waals surface area contributed by atoms with E-state index in [0.717, 1.165) is 6.54 Å². The van der Waals surface area contributed by atoms with E-state index in [-0.39, 0.29) is 12.3 Å². The van der Waals surface area contributed by atoms with Crippen LogP contribution < -0.4 is 0 Å². The zero-order valence-electron chi connectivity index (χ0n) is 11.9. The molecule has 0 aromatic carbocycles. The molecule has 18 heavy (non-hydrogen) atoms. The van der Waals surface area contributed by atoms with Crippen LogP contribution in [0.4, 0.5) is 0 Å². The molecule has 0 aromatic rings. The summed E-state index contributed by atoms with van der Waals surface area (Å²) in [7, 11) is 4.02. The molecule has 0 spiro atoms. The van der Waals surface area contributed by atoms with Crippen LogP contribution in [0.25, 0.3) is 0 Å². The van der Waals surface area contributed by atoms with E-state index in [1.807, 2.05) is 14.1 Å². The number of likely N-dealkylation sites (N-methyl/N-ethyl adjacent to an activating group) is 1. The van der Waals surface area contributed by atoms with Gasteiger partial charge in [-0.25, -0.2) is 0 Å². The van der Waals surface area contributed by atoms with Crippen LogP contribution in [0.2, 0.25) is 0 Å². The molecule has 1 aliphatic heterocycles. The summed E-state index contributed by atoms with van der Waals surface area (Å²) in [4.78, 5) is 27.1. The number of amides is 1. The lowest BCUT2D eigenvalue weighted by atomic mass is 9.89. The van der Waals surface area contributed by atoms with E-state index < -0.39 is 11.4 Å². The Bertz CT molecular complexity index is 339. The van der Waals surface area contributed by atoms with Crippen LogP contribution in [-0.2, 0) is 9.59 Å². The number of nitrogens with zero attached hydrogens (tertiary/aromatic N) is 2. The predicted molar refractivity (Wildman–Crippen MR) is 69.3 cm³/mol. The van der Waals surface area contributed by atoms with Crippen molar-refractivity contribution in [3.63, 3.8) is 0 Å². The van der Waals surface area contributed by atoms with Crippen LogP contribution in [0, 0.1) is 11.3 Å². The summed E-state index contributed by atoms with van der Waals surface area (Å²) in [6, 6.07) is 0.363. The molecule has 5 heteroatoms. The monoisotopic (exact) mass is 256 g/mol. The van der Waals surface area contributed by atoms with E-state index in [1.165, 1.54) is 0 Å². The Balaban J connectivity index is 2.63. The molecule has 1 amide bonds. The molecular formula is C13H24N2O3. The molecule has 5 nitrogen and oxygen atoms in total. The average Bonchev–Trinajstić information content (AvgIpc) is 2.59. The molecule has 2 unspecified atom stereocenters. The standard InChI is InChI=1S/C13H24N2O3/c1-9-7-15(8-10(9)14(4)5)11(16)6-13(2,3)12(17)18/h9-10H,6-8H2,1-5H3,(H,17,18). The minimum Gasteiger partial charge on any atom is -0.481 e. The first-order valence-corrected chi connectivity index (χ1v) is 6.32. The Hall–Kier alpha value is -1.10. The van der Waals surface area contributed by atoms with E-state index in [9.17, 15) is 9.59 Å². The van der Waals surface area contributed by atoms with Crippen molar-refractivity contribution in [2.45, 2.75) is 33.2 Å². The van der Waals surface area contributed by atoms with Gasteiger partial charge in [0.25, 0.3) is 0 Å². The van der Waals surface area contributed by atoms with E-state index in [1.54, 1.807) is 18.7 Å². The van der Waals surface area contributed by atoms with Gasteiger partial charge < -0.3 is 14.9 Å². The van der Waals surface area contributed by atoms with Gasteiger partial charge in [0.15, 0.2) is 0 Å². The quantitative estimate of drug-likeness (QED) is 0.811. The number of carboxylic acids is 1. The van der Waals surface area contributed by atoms with Crippen molar-refractivity contribution >= 4 is 11.9 Å². The Morgan fingerprint density at radius 2 is 1.89 bits per heavy atom. The molecule has 1 heterocycles. The second-order valence-electron chi connectivity index (χ2n) is 6.17. The lowest BCUT2D eigenvalue weighted by Gasteiger charge is -2.24. The van der Waals surface area contributed by atoms with Crippen molar-refractivity contribution in [3.05, 3.63) is 0 Å². The van der Waals surface area contributed by atoms with Gasteiger partial charge in [0.2, 0.25) is 5.91 Å². The second kappa shape index (κ2) is 5.26. The summed E-state index contributed by atoms with van der Waals surface area (Å²) in [6.45, 7) is 6.73. The lowest BCUT2D eigenvalue weighted by Crippen LogP contribution is -2.38. The zero-order valence-corrected chi connectivity index (χ0v) is 11.9. The molecule has 0 aliphatic carbocycles. The van der Waals surface area contributed by atoms with Crippen LogP contribution >= 0.6 is 0 Å². The van der Waals surface area contributed by atoms with Gasteiger partial charge in [0.1, 0.15) is 0 Å². The number of carbonyl (C=O) groups excluding carboxylic acids is 1. The fourth-order valence-electron chi connectivity index (χ4n) is 2.39. The van der Waals surface area contributed by atoms with Gasteiger partial charge in [0, 0.05) is 25.6 Å². The van der Waals surface area contributed by atoms with Crippen LogP contribution in [0.5, 0.6) is 0 Å². The minimum atomic E-state index is -0.990. The first-order valence-electron chi connectivity index (χ1n) is 6.32. The summed E-state index contributed by atoms with van der Waals surface area (Å²) >= 11 is 0. The highest BCUT2D eigenvalue weighted by Crippen LogP contribution is 2.26. The Labute approximate surface area is 109 Å². The highest BCUT2D eigenvalue weighted by molar-refractivity contribution is 5.84. The minimum absolute atomic E-state index is 0.0569. The van der Waals surface area contributed by atoms with Crippen molar-refractivity contribution in [2.75, 3.05) is 27.2 Å². The molecule has 1 rings (SSSR count). The molecular weight excluding hydrogens is 232 g/mol. The normalized spacial score (nSPS) is 24.7. The molecule has 1 saturated heterocycles. The molecule has 104 valence electrons. The van der Waals surface area contributed by atoms with Crippen LogP contribution in [0.15, 0.2) is 0 Å². The van der Waals surface area contributed by atoms with E-state index in [4.69, 9.17) is 5.11 Å². The maximum absolute atomic E-state index is 12.1. The molecule has 2 atom stereocenters. The van der Waals surface area contributed by atoms with Crippen molar-refractivity contribution < 1.29 is 14.7 Å². The third-order valence-corrected chi connectivity index (χ3v) is 3.76. The van der Waals surface area contributed by atoms with E-state index in [0.29, 0.717) is 18.5 Å². The average molecular weight is 256 g/mol. The molecule has 1 aliphatic rings. The highest BCUT2D eigenvalue weighted by Gasteiger charge is 2.37. The highest BCUT2D eigenvalue weighted by atomic mass is 16.4. The van der Waals surface area contributed by atoms with Gasteiger partial charge in [-0.2, -0.15) is 0 Å². The van der Waals surface area contributed by atoms with E-state index in [2.05, 4.69) is 11.8 Å². The molecule has 0 saturated carbocycles. The maximum Gasteiger partial charge on any atom is 0.309 e. The molecule has 0 aromatic heterocycles. The predicted octanol–water partition coefficient (Wildman–Crippen LogP) is 0.896. The number of carbonyl (C=O) groups is 2. The van der Waals surface area contributed by atoms with Crippen molar-refractivity contribution in [1.29, 1.82) is 0 Å².